The van der Waals surface area contributed by atoms with Crippen molar-refractivity contribution in [2.24, 2.45) is 0 Å². The number of methoxy groups -OCH3 is 1. The van der Waals surface area contributed by atoms with Gasteiger partial charge >= 0.3 is 12.1 Å². The van der Waals surface area contributed by atoms with E-state index in [4.69, 9.17) is 21.1 Å². The molecule has 0 spiro atoms. The van der Waals surface area contributed by atoms with Crippen LogP contribution in [0.3, 0.4) is 0 Å². The van der Waals surface area contributed by atoms with E-state index in [1.54, 1.807) is 19.9 Å². The summed E-state index contributed by atoms with van der Waals surface area (Å²) in [4.78, 5) is 14.3. The number of nitrogens with zero attached hydrogens (tertiary/aromatic N) is 1. The van der Waals surface area contributed by atoms with E-state index in [1.165, 1.54) is 13.2 Å². The highest BCUT2D eigenvalue weighted by Crippen LogP contribution is 2.36. The lowest BCUT2D eigenvalue weighted by Gasteiger charge is -2.27. The van der Waals surface area contributed by atoms with Gasteiger partial charge in [-0.2, -0.15) is 13.2 Å². The summed E-state index contributed by atoms with van der Waals surface area (Å²) >= 11 is 6.21. The lowest BCUT2D eigenvalue weighted by molar-refractivity contribution is -0.146. The second kappa shape index (κ2) is 13.4. The largest absolute Gasteiger partial charge is 0.494 e. The van der Waals surface area contributed by atoms with Gasteiger partial charge < -0.3 is 9.47 Å². The Hall–Kier alpha value is -3.03. The van der Waals surface area contributed by atoms with Crippen LogP contribution in [0.1, 0.15) is 55.4 Å². The molecule has 39 heavy (non-hydrogen) atoms. The molecule has 210 valence electrons. The molecule has 0 saturated heterocycles. The van der Waals surface area contributed by atoms with Crippen LogP contribution in [0, 0.1) is 0 Å². The minimum Gasteiger partial charge on any atom is -0.494 e. The molecule has 3 aromatic carbocycles. The van der Waals surface area contributed by atoms with E-state index in [0.717, 1.165) is 17.2 Å². The van der Waals surface area contributed by atoms with Crippen LogP contribution in [0.15, 0.2) is 72.8 Å². The van der Waals surface area contributed by atoms with Crippen molar-refractivity contribution in [1.82, 2.24) is 4.90 Å². The van der Waals surface area contributed by atoms with Crippen LogP contribution < -0.4 is 4.74 Å². The van der Waals surface area contributed by atoms with Crippen LogP contribution in [-0.4, -0.2) is 37.7 Å². The van der Waals surface area contributed by atoms with Crippen LogP contribution >= 0.6 is 11.6 Å². The van der Waals surface area contributed by atoms with Crippen molar-refractivity contribution < 1.29 is 27.4 Å². The quantitative estimate of drug-likeness (QED) is 0.166. The molecule has 0 bridgehead atoms. The number of halogens is 4. The molecule has 0 aliphatic carbocycles. The molecule has 1 atom stereocenters. The minimum absolute atomic E-state index is 0.161. The van der Waals surface area contributed by atoms with E-state index in [-0.39, 0.29) is 23.5 Å². The fraction of sp³-hybridized carbons (Fsp3) is 0.387. The molecule has 0 heterocycles. The summed E-state index contributed by atoms with van der Waals surface area (Å²) in [6.45, 7) is 7.60. The number of carbonyl (C=O) groups excluding carboxylic acids is 1. The number of ether oxygens (including phenoxy) is 2. The normalized spacial score (nSPS) is 12.8. The first-order chi connectivity index (χ1) is 18.4. The van der Waals surface area contributed by atoms with E-state index in [2.05, 4.69) is 11.8 Å². The zero-order chi connectivity index (χ0) is 28.6. The van der Waals surface area contributed by atoms with Crippen molar-refractivity contribution in [3.05, 3.63) is 100 Å². The number of hydrogen-bond acceptors (Lipinski definition) is 4. The molecule has 3 aromatic rings. The van der Waals surface area contributed by atoms with Gasteiger partial charge in [0.15, 0.2) is 0 Å². The lowest BCUT2D eigenvalue weighted by atomic mass is 9.85. The SMILES string of the molecule is COC(=O)C(C)(C)c1cccc(OCCCN(Cc2cccc(C(F)(F)F)c2Cl)C[C@@H](C)c2ccccc2)c1. The summed E-state index contributed by atoms with van der Waals surface area (Å²) in [5, 5.41) is -0.261. The number of benzene rings is 3. The first-order valence-corrected chi connectivity index (χ1v) is 13.2. The number of hydrogen-bond donors (Lipinski definition) is 0. The van der Waals surface area contributed by atoms with Crippen LogP contribution in [0.5, 0.6) is 5.75 Å². The molecule has 8 heteroatoms. The van der Waals surface area contributed by atoms with Crippen molar-refractivity contribution in [2.75, 3.05) is 26.8 Å². The number of esters is 1. The van der Waals surface area contributed by atoms with Crippen molar-refractivity contribution in [3.8, 4) is 5.75 Å². The Morgan fingerprint density at radius 3 is 2.36 bits per heavy atom. The molecule has 0 amide bonds. The van der Waals surface area contributed by atoms with Crippen molar-refractivity contribution in [2.45, 2.75) is 51.2 Å². The summed E-state index contributed by atoms with van der Waals surface area (Å²) in [5.41, 5.74) is 0.729. The molecule has 0 aliphatic heterocycles. The van der Waals surface area contributed by atoms with Gasteiger partial charge in [0.25, 0.3) is 0 Å². The third kappa shape index (κ3) is 8.23. The van der Waals surface area contributed by atoms with E-state index in [9.17, 15) is 18.0 Å². The monoisotopic (exact) mass is 561 g/mol. The van der Waals surface area contributed by atoms with Crippen molar-refractivity contribution >= 4 is 17.6 Å². The van der Waals surface area contributed by atoms with E-state index >= 15 is 0 Å². The van der Waals surface area contributed by atoms with E-state index in [1.807, 2.05) is 54.6 Å². The highest BCUT2D eigenvalue weighted by Gasteiger charge is 2.34. The maximum absolute atomic E-state index is 13.4. The fourth-order valence-electron chi connectivity index (χ4n) is 4.50. The summed E-state index contributed by atoms with van der Waals surface area (Å²) in [5.74, 6) is 0.458. The highest BCUT2D eigenvalue weighted by molar-refractivity contribution is 6.32. The van der Waals surface area contributed by atoms with Gasteiger partial charge in [-0.3, -0.25) is 9.69 Å². The Labute approximate surface area is 233 Å². The molecule has 0 unspecified atom stereocenters. The van der Waals surface area contributed by atoms with Gasteiger partial charge in [0.1, 0.15) is 5.75 Å². The Balaban J connectivity index is 1.70. The smallest absolute Gasteiger partial charge is 0.417 e. The summed E-state index contributed by atoms with van der Waals surface area (Å²) in [6.07, 6.45) is -3.87. The van der Waals surface area contributed by atoms with Crippen LogP contribution in [-0.2, 0) is 27.7 Å². The molecule has 0 aliphatic rings. The number of rotatable bonds is 12. The van der Waals surface area contributed by atoms with Gasteiger partial charge in [0, 0.05) is 19.6 Å². The molecule has 0 aromatic heterocycles. The third-order valence-electron chi connectivity index (χ3n) is 6.82. The second-order valence-corrected chi connectivity index (χ2v) is 10.5. The fourth-order valence-corrected chi connectivity index (χ4v) is 4.79. The Morgan fingerprint density at radius 2 is 1.69 bits per heavy atom. The van der Waals surface area contributed by atoms with Gasteiger partial charge in [-0.25, -0.2) is 0 Å². The maximum Gasteiger partial charge on any atom is 0.417 e. The van der Waals surface area contributed by atoms with Gasteiger partial charge in [-0.1, -0.05) is 73.1 Å². The molecular formula is C31H35ClF3NO3. The van der Waals surface area contributed by atoms with Gasteiger partial charge in [-0.15, -0.1) is 0 Å². The predicted molar refractivity (Wildman–Crippen MR) is 148 cm³/mol. The zero-order valence-corrected chi connectivity index (χ0v) is 23.5. The van der Waals surface area contributed by atoms with Gasteiger partial charge in [0.05, 0.1) is 29.7 Å². The Kier molecular flexibility index (Phi) is 10.4. The van der Waals surface area contributed by atoms with Crippen LogP contribution in [0.25, 0.3) is 0 Å². The van der Waals surface area contributed by atoms with E-state index in [0.29, 0.717) is 37.4 Å². The second-order valence-electron chi connectivity index (χ2n) is 10.2. The summed E-state index contributed by atoms with van der Waals surface area (Å²) in [6, 6.07) is 21.4. The van der Waals surface area contributed by atoms with E-state index < -0.39 is 17.2 Å². The predicted octanol–water partition coefficient (Wildman–Crippen LogP) is 7.88. The molecule has 0 saturated carbocycles. The molecule has 3 rings (SSSR count). The van der Waals surface area contributed by atoms with Gasteiger partial charge in [-0.05, 0) is 61.1 Å². The average Bonchev–Trinajstić information content (AvgIpc) is 2.91. The molecule has 0 N–H and O–H groups in total. The third-order valence-corrected chi connectivity index (χ3v) is 7.26. The minimum atomic E-state index is -4.51. The summed E-state index contributed by atoms with van der Waals surface area (Å²) in [7, 11) is 1.36. The average molecular weight is 562 g/mol. The van der Waals surface area contributed by atoms with Crippen LogP contribution in [0.4, 0.5) is 13.2 Å². The van der Waals surface area contributed by atoms with Crippen molar-refractivity contribution in [3.63, 3.8) is 0 Å². The molecule has 0 radical (unpaired) electrons. The highest BCUT2D eigenvalue weighted by atomic mass is 35.5. The maximum atomic E-state index is 13.4. The van der Waals surface area contributed by atoms with Crippen molar-refractivity contribution in [1.29, 1.82) is 0 Å². The Morgan fingerprint density at radius 1 is 1.00 bits per heavy atom. The molecule has 0 fully saturated rings. The molecule has 4 nitrogen and oxygen atoms in total. The Bertz CT molecular complexity index is 1230. The lowest BCUT2D eigenvalue weighted by Crippen LogP contribution is -2.30. The number of alkyl halides is 3. The van der Waals surface area contributed by atoms with Gasteiger partial charge in [0.2, 0.25) is 0 Å². The topological polar surface area (TPSA) is 38.8 Å². The zero-order valence-electron chi connectivity index (χ0n) is 22.7. The van der Waals surface area contributed by atoms with Crippen LogP contribution in [0.2, 0.25) is 5.02 Å². The standard InChI is InChI=1S/C31H35ClF3NO3/c1-22(23-11-6-5-7-12-23)20-36(21-24-13-8-16-27(28(24)32)31(33,34)35)17-10-18-39-26-15-9-14-25(19-26)30(2,3)29(37)38-4/h5-9,11-16,19,22H,10,17-18,20-21H2,1-4H3/t22-/m1/s1. The first kappa shape index (κ1) is 30.5. The molecular weight excluding hydrogens is 527 g/mol. The number of carbonyl (C=O) groups is 1. The first-order valence-electron chi connectivity index (χ1n) is 12.9. The summed E-state index contributed by atoms with van der Waals surface area (Å²) < 4.78 is 51.2.